The molecule has 0 aliphatic rings. The lowest BCUT2D eigenvalue weighted by molar-refractivity contribution is -0.118. The summed E-state index contributed by atoms with van der Waals surface area (Å²) in [5.41, 5.74) is 1.50. The summed E-state index contributed by atoms with van der Waals surface area (Å²) in [6.45, 7) is 3.76. The van der Waals surface area contributed by atoms with E-state index in [0.717, 1.165) is 10.2 Å². The molecule has 0 bridgehead atoms. The van der Waals surface area contributed by atoms with Gasteiger partial charge in [0, 0.05) is 5.69 Å². The second kappa shape index (κ2) is 7.97. The summed E-state index contributed by atoms with van der Waals surface area (Å²) in [6, 6.07) is 15.7. The van der Waals surface area contributed by atoms with Crippen LogP contribution in [0.15, 0.2) is 54.6 Å². The molecule has 7 heteroatoms. The lowest BCUT2D eigenvalue weighted by Crippen LogP contribution is -2.48. The van der Waals surface area contributed by atoms with Gasteiger partial charge in [-0.1, -0.05) is 55.5 Å². The number of aromatic nitrogens is 1. The molecule has 1 atom stereocenters. The minimum atomic E-state index is -0.675. The van der Waals surface area contributed by atoms with Gasteiger partial charge in [-0.3, -0.25) is 4.79 Å². The Morgan fingerprint density at radius 3 is 2.35 bits per heavy atom. The number of anilines is 2. The Balaban J connectivity index is 1.66. The summed E-state index contributed by atoms with van der Waals surface area (Å²) in [6.07, 6.45) is 0. The normalized spacial score (nSPS) is 12.0. The zero-order valence-corrected chi connectivity index (χ0v) is 15.3. The number of carbonyl (C=O) groups is 2. The molecule has 3 aromatic rings. The van der Waals surface area contributed by atoms with Crippen molar-refractivity contribution in [3.05, 3.63) is 54.6 Å². The number of hydrogen-bond acceptors (Lipinski definition) is 4. The molecular weight excluding hydrogens is 348 g/mol. The molecule has 6 nitrogen and oxygen atoms in total. The number of hydrogen-bond donors (Lipinski definition) is 3. The van der Waals surface area contributed by atoms with Crippen molar-refractivity contribution in [2.75, 3.05) is 10.6 Å². The van der Waals surface area contributed by atoms with Crippen LogP contribution in [0.5, 0.6) is 0 Å². The molecule has 0 saturated carbocycles. The number of carbonyl (C=O) groups excluding carboxylic acids is 2. The van der Waals surface area contributed by atoms with Gasteiger partial charge in [0.05, 0.1) is 10.2 Å². The van der Waals surface area contributed by atoms with Crippen LogP contribution >= 0.6 is 11.3 Å². The van der Waals surface area contributed by atoms with Crippen LogP contribution in [-0.4, -0.2) is 23.0 Å². The number of rotatable bonds is 5. The minimum Gasteiger partial charge on any atom is -0.326 e. The van der Waals surface area contributed by atoms with Crippen LogP contribution in [0.25, 0.3) is 10.2 Å². The summed E-state index contributed by atoms with van der Waals surface area (Å²) in [5, 5.41) is 8.79. The van der Waals surface area contributed by atoms with E-state index in [0.29, 0.717) is 10.8 Å². The molecule has 3 rings (SSSR count). The highest BCUT2D eigenvalue weighted by Crippen LogP contribution is 2.25. The molecule has 0 spiro atoms. The quantitative estimate of drug-likeness (QED) is 0.634. The van der Waals surface area contributed by atoms with E-state index in [-0.39, 0.29) is 11.8 Å². The fraction of sp³-hybridized carbons (Fsp3) is 0.211. The molecule has 0 aliphatic carbocycles. The summed E-state index contributed by atoms with van der Waals surface area (Å²) in [5.74, 6) is -0.367. The highest BCUT2D eigenvalue weighted by atomic mass is 32.1. The number of benzene rings is 2. The molecule has 3 N–H and O–H groups in total. The number of thiazole rings is 1. The first kappa shape index (κ1) is 17.9. The van der Waals surface area contributed by atoms with Crippen LogP contribution in [0.1, 0.15) is 13.8 Å². The molecular formula is C19H20N4O2S. The summed E-state index contributed by atoms with van der Waals surface area (Å²) in [7, 11) is 0. The van der Waals surface area contributed by atoms with Crippen molar-refractivity contribution >= 4 is 44.3 Å². The molecule has 0 radical (unpaired) electrons. The first-order valence-electron chi connectivity index (χ1n) is 8.32. The Kier molecular flexibility index (Phi) is 5.48. The standard InChI is InChI=1S/C19H20N4O2S/c1-12(2)16(22-18(25)20-13-8-4-3-5-9-13)17(24)23-19-21-14-10-6-7-11-15(14)26-19/h3-12,16H,1-2H3,(H2,20,22,25)(H,21,23,24)/t16-/m1/s1. The molecule has 0 saturated heterocycles. The number of para-hydroxylation sites is 2. The fourth-order valence-electron chi connectivity index (χ4n) is 2.47. The summed E-state index contributed by atoms with van der Waals surface area (Å²) >= 11 is 1.40. The molecule has 134 valence electrons. The van der Waals surface area contributed by atoms with Crippen molar-refractivity contribution < 1.29 is 9.59 Å². The molecule has 3 amide bonds. The molecule has 2 aromatic carbocycles. The van der Waals surface area contributed by atoms with E-state index in [1.807, 2.05) is 56.3 Å². The fourth-order valence-corrected chi connectivity index (χ4v) is 3.34. The molecule has 0 aliphatic heterocycles. The highest BCUT2D eigenvalue weighted by Gasteiger charge is 2.25. The first-order valence-corrected chi connectivity index (χ1v) is 9.13. The number of fused-ring (bicyclic) bond motifs is 1. The average molecular weight is 368 g/mol. The molecule has 26 heavy (non-hydrogen) atoms. The highest BCUT2D eigenvalue weighted by molar-refractivity contribution is 7.22. The smallest absolute Gasteiger partial charge is 0.319 e. The molecule has 0 unspecified atom stereocenters. The Morgan fingerprint density at radius 1 is 0.962 bits per heavy atom. The third-order valence-corrected chi connectivity index (χ3v) is 4.74. The Morgan fingerprint density at radius 2 is 1.65 bits per heavy atom. The summed E-state index contributed by atoms with van der Waals surface area (Å²) < 4.78 is 0.999. The Labute approximate surface area is 155 Å². The van der Waals surface area contributed by atoms with Gasteiger partial charge in [0.2, 0.25) is 5.91 Å². The third-order valence-electron chi connectivity index (χ3n) is 3.79. The van der Waals surface area contributed by atoms with Crippen molar-refractivity contribution in [1.82, 2.24) is 10.3 Å². The van der Waals surface area contributed by atoms with Gasteiger partial charge in [0.15, 0.2) is 5.13 Å². The number of nitrogens with one attached hydrogen (secondary N) is 3. The van der Waals surface area contributed by atoms with E-state index >= 15 is 0 Å². The number of nitrogens with zero attached hydrogens (tertiary/aromatic N) is 1. The van der Waals surface area contributed by atoms with Crippen LogP contribution in [0.3, 0.4) is 0 Å². The van der Waals surface area contributed by atoms with Crippen LogP contribution in [-0.2, 0) is 4.79 Å². The minimum absolute atomic E-state index is 0.0779. The average Bonchev–Trinajstić information content (AvgIpc) is 3.02. The van der Waals surface area contributed by atoms with Crippen LogP contribution in [0.4, 0.5) is 15.6 Å². The maximum Gasteiger partial charge on any atom is 0.319 e. The topological polar surface area (TPSA) is 83.1 Å². The van der Waals surface area contributed by atoms with Crippen LogP contribution < -0.4 is 16.0 Å². The zero-order valence-electron chi connectivity index (χ0n) is 14.5. The molecule has 1 aromatic heterocycles. The maximum atomic E-state index is 12.6. The van der Waals surface area contributed by atoms with E-state index in [2.05, 4.69) is 20.9 Å². The van der Waals surface area contributed by atoms with E-state index < -0.39 is 12.1 Å². The van der Waals surface area contributed by atoms with Crippen molar-refractivity contribution in [3.8, 4) is 0 Å². The number of amides is 3. The number of urea groups is 1. The largest absolute Gasteiger partial charge is 0.326 e. The third kappa shape index (κ3) is 4.37. The van der Waals surface area contributed by atoms with E-state index in [9.17, 15) is 9.59 Å². The van der Waals surface area contributed by atoms with Gasteiger partial charge in [-0.25, -0.2) is 9.78 Å². The Bertz CT molecular complexity index is 875. The van der Waals surface area contributed by atoms with Crippen molar-refractivity contribution in [3.63, 3.8) is 0 Å². The molecule has 1 heterocycles. The Hall–Kier alpha value is -2.93. The van der Waals surface area contributed by atoms with Gasteiger partial charge >= 0.3 is 6.03 Å². The summed E-state index contributed by atoms with van der Waals surface area (Å²) in [4.78, 5) is 29.2. The van der Waals surface area contributed by atoms with Crippen LogP contribution in [0, 0.1) is 5.92 Å². The van der Waals surface area contributed by atoms with Gasteiger partial charge in [0.1, 0.15) is 6.04 Å². The zero-order chi connectivity index (χ0) is 18.5. The van der Waals surface area contributed by atoms with E-state index in [4.69, 9.17) is 0 Å². The van der Waals surface area contributed by atoms with Crippen LogP contribution in [0.2, 0.25) is 0 Å². The first-order chi connectivity index (χ1) is 12.5. The van der Waals surface area contributed by atoms with Gasteiger partial charge in [-0.15, -0.1) is 0 Å². The lowest BCUT2D eigenvalue weighted by atomic mass is 10.0. The monoisotopic (exact) mass is 368 g/mol. The predicted octanol–water partition coefficient (Wildman–Crippen LogP) is 4.08. The predicted molar refractivity (Wildman–Crippen MR) is 105 cm³/mol. The maximum absolute atomic E-state index is 12.6. The second-order valence-corrected chi connectivity index (χ2v) is 7.19. The van der Waals surface area contributed by atoms with E-state index in [1.165, 1.54) is 11.3 Å². The van der Waals surface area contributed by atoms with Gasteiger partial charge < -0.3 is 16.0 Å². The lowest BCUT2D eigenvalue weighted by Gasteiger charge is -2.21. The SMILES string of the molecule is CC(C)[C@@H](NC(=O)Nc1ccccc1)C(=O)Nc1nc2ccccc2s1. The van der Waals surface area contributed by atoms with Crippen molar-refractivity contribution in [2.24, 2.45) is 5.92 Å². The van der Waals surface area contributed by atoms with Gasteiger partial charge in [-0.05, 0) is 30.2 Å². The second-order valence-electron chi connectivity index (χ2n) is 6.16. The van der Waals surface area contributed by atoms with Crippen molar-refractivity contribution in [1.29, 1.82) is 0 Å². The van der Waals surface area contributed by atoms with E-state index in [1.54, 1.807) is 12.1 Å². The van der Waals surface area contributed by atoms with Gasteiger partial charge in [-0.2, -0.15) is 0 Å². The van der Waals surface area contributed by atoms with Crippen molar-refractivity contribution in [2.45, 2.75) is 19.9 Å². The molecule has 0 fully saturated rings. The van der Waals surface area contributed by atoms with Gasteiger partial charge in [0.25, 0.3) is 0 Å².